The van der Waals surface area contributed by atoms with Crippen LogP contribution in [0.15, 0.2) is 51.7 Å². The zero-order chi connectivity index (χ0) is 16.4. The number of aromatic nitrogens is 1. The molecule has 3 rings (SSSR count). The van der Waals surface area contributed by atoms with Crippen LogP contribution in [0, 0.1) is 0 Å². The summed E-state index contributed by atoms with van der Waals surface area (Å²) >= 11 is 0. The van der Waals surface area contributed by atoms with E-state index in [1.54, 1.807) is 42.5 Å². The number of anilines is 1. The van der Waals surface area contributed by atoms with E-state index in [1.165, 1.54) is 6.92 Å². The molecule has 3 aromatic rings. The molecule has 1 amide bonds. The first-order chi connectivity index (χ1) is 11.0. The van der Waals surface area contributed by atoms with Gasteiger partial charge in [0.25, 0.3) is 0 Å². The third-order valence-electron chi connectivity index (χ3n) is 3.42. The molecule has 0 atom stereocenters. The Bertz CT molecular complexity index is 935. The van der Waals surface area contributed by atoms with Gasteiger partial charge in [-0.3, -0.25) is 14.6 Å². The standard InChI is InChI=1S/C17H14N2O4/c1-10(20)12-3-5-13(6-4-12)18-16(21)9-11-2-7-15-14(8-11)19-17(22)23-15/h2-8H,9H2,1H3,(H,18,21)(H,19,22). The summed E-state index contributed by atoms with van der Waals surface area (Å²) in [5, 5.41) is 2.76. The molecule has 0 saturated heterocycles. The molecule has 1 aromatic heterocycles. The quantitative estimate of drug-likeness (QED) is 0.724. The highest BCUT2D eigenvalue weighted by Gasteiger charge is 2.07. The highest BCUT2D eigenvalue weighted by Crippen LogP contribution is 2.14. The number of carbonyl (C=O) groups is 2. The fourth-order valence-electron chi connectivity index (χ4n) is 2.29. The summed E-state index contributed by atoms with van der Waals surface area (Å²) in [5.41, 5.74) is 2.99. The van der Waals surface area contributed by atoms with Crippen molar-refractivity contribution in [2.45, 2.75) is 13.3 Å². The predicted octanol–water partition coefficient (Wildman–Crippen LogP) is 2.50. The first-order valence-electron chi connectivity index (χ1n) is 7.04. The van der Waals surface area contributed by atoms with Gasteiger partial charge >= 0.3 is 5.76 Å². The normalized spacial score (nSPS) is 10.7. The smallest absolute Gasteiger partial charge is 0.408 e. The van der Waals surface area contributed by atoms with Crippen molar-refractivity contribution in [3.8, 4) is 0 Å². The maximum absolute atomic E-state index is 12.1. The minimum Gasteiger partial charge on any atom is -0.408 e. The van der Waals surface area contributed by atoms with Gasteiger partial charge in [-0.05, 0) is 48.9 Å². The molecule has 0 unspecified atom stereocenters. The average Bonchev–Trinajstić information content (AvgIpc) is 2.87. The molecule has 0 fully saturated rings. The Morgan fingerprint density at radius 1 is 1.13 bits per heavy atom. The summed E-state index contributed by atoms with van der Waals surface area (Å²) in [5.74, 6) is -0.733. The van der Waals surface area contributed by atoms with Crippen molar-refractivity contribution in [2.75, 3.05) is 5.32 Å². The second kappa shape index (κ2) is 5.92. The van der Waals surface area contributed by atoms with Crippen LogP contribution in [-0.4, -0.2) is 16.7 Å². The first-order valence-corrected chi connectivity index (χ1v) is 7.04. The summed E-state index contributed by atoms with van der Waals surface area (Å²) in [6.07, 6.45) is 0.164. The van der Waals surface area contributed by atoms with E-state index in [1.807, 2.05) is 0 Å². The molecule has 2 aromatic carbocycles. The van der Waals surface area contributed by atoms with Crippen molar-refractivity contribution in [3.63, 3.8) is 0 Å². The molecular weight excluding hydrogens is 296 g/mol. The number of hydrogen-bond donors (Lipinski definition) is 2. The van der Waals surface area contributed by atoms with Gasteiger partial charge in [-0.1, -0.05) is 6.07 Å². The van der Waals surface area contributed by atoms with Crippen molar-refractivity contribution in [1.29, 1.82) is 0 Å². The maximum Gasteiger partial charge on any atom is 0.417 e. The van der Waals surface area contributed by atoms with Gasteiger partial charge in [0.2, 0.25) is 5.91 Å². The predicted molar refractivity (Wildman–Crippen MR) is 85.6 cm³/mol. The van der Waals surface area contributed by atoms with Gasteiger partial charge in [0.15, 0.2) is 11.4 Å². The fourth-order valence-corrected chi connectivity index (χ4v) is 2.29. The number of ketones is 1. The minimum absolute atomic E-state index is 0.0229. The van der Waals surface area contributed by atoms with Crippen LogP contribution in [0.1, 0.15) is 22.8 Å². The largest absolute Gasteiger partial charge is 0.417 e. The molecule has 0 aliphatic heterocycles. The number of H-pyrrole nitrogens is 1. The monoisotopic (exact) mass is 310 g/mol. The van der Waals surface area contributed by atoms with Crippen LogP contribution >= 0.6 is 0 Å². The van der Waals surface area contributed by atoms with Gasteiger partial charge in [0, 0.05) is 11.3 Å². The molecule has 1 heterocycles. The van der Waals surface area contributed by atoms with E-state index in [0.717, 1.165) is 5.56 Å². The van der Waals surface area contributed by atoms with Gasteiger partial charge in [0.1, 0.15) is 0 Å². The third kappa shape index (κ3) is 3.37. The molecule has 23 heavy (non-hydrogen) atoms. The summed E-state index contributed by atoms with van der Waals surface area (Å²) in [6, 6.07) is 11.8. The number of benzene rings is 2. The lowest BCUT2D eigenvalue weighted by molar-refractivity contribution is -0.115. The number of nitrogens with one attached hydrogen (secondary N) is 2. The van der Waals surface area contributed by atoms with Crippen molar-refractivity contribution in [1.82, 2.24) is 4.98 Å². The van der Waals surface area contributed by atoms with Crippen LogP contribution in [0.25, 0.3) is 11.1 Å². The summed E-state index contributed by atoms with van der Waals surface area (Å²) in [7, 11) is 0. The highest BCUT2D eigenvalue weighted by atomic mass is 16.4. The Morgan fingerprint density at radius 3 is 2.57 bits per heavy atom. The molecule has 0 aliphatic rings. The van der Waals surface area contributed by atoms with Crippen molar-refractivity contribution >= 4 is 28.5 Å². The number of aromatic amines is 1. The average molecular weight is 310 g/mol. The Hall–Kier alpha value is -3.15. The molecule has 0 saturated carbocycles. The van der Waals surface area contributed by atoms with Gasteiger partial charge < -0.3 is 9.73 Å². The maximum atomic E-state index is 12.1. The summed E-state index contributed by atoms with van der Waals surface area (Å²) < 4.78 is 4.91. The van der Waals surface area contributed by atoms with Crippen molar-refractivity contribution in [2.24, 2.45) is 0 Å². The Morgan fingerprint density at radius 2 is 1.87 bits per heavy atom. The van der Waals surface area contributed by atoms with Crippen LogP contribution in [0.2, 0.25) is 0 Å². The van der Waals surface area contributed by atoms with Gasteiger partial charge in [-0.25, -0.2) is 4.79 Å². The van der Waals surface area contributed by atoms with Crippen molar-refractivity contribution < 1.29 is 14.0 Å². The molecule has 0 radical (unpaired) electrons. The van der Waals surface area contributed by atoms with E-state index in [0.29, 0.717) is 22.4 Å². The number of hydrogen-bond acceptors (Lipinski definition) is 4. The third-order valence-corrected chi connectivity index (χ3v) is 3.42. The first kappa shape index (κ1) is 14.8. The Kier molecular flexibility index (Phi) is 3.80. The highest BCUT2D eigenvalue weighted by molar-refractivity contribution is 5.96. The van der Waals surface area contributed by atoms with E-state index in [4.69, 9.17) is 4.42 Å². The fraction of sp³-hybridized carbons (Fsp3) is 0.118. The summed E-state index contributed by atoms with van der Waals surface area (Å²) in [6.45, 7) is 1.49. The van der Waals surface area contributed by atoms with E-state index >= 15 is 0 Å². The lowest BCUT2D eigenvalue weighted by Crippen LogP contribution is -2.14. The van der Waals surface area contributed by atoms with E-state index in [9.17, 15) is 14.4 Å². The van der Waals surface area contributed by atoms with Gasteiger partial charge in [-0.15, -0.1) is 0 Å². The minimum atomic E-state index is -0.521. The van der Waals surface area contributed by atoms with Gasteiger partial charge in [0.05, 0.1) is 11.9 Å². The Labute approximate surface area is 131 Å². The topological polar surface area (TPSA) is 92.2 Å². The van der Waals surface area contributed by atoms with Crippen LogP contribution in [-0.2, 0) is 11.2 Å². The van der Waals surface area contributed by atoms with Crippen LogP contribution in [0.5, 0.6) is 0 Å². The van der Waals surface area contributed by atoms with E-state index < -0.39 is 5.76 Å². The van der Waals surface area contributed by atoms with Crippen LogP contribution < -0.4 is 11.1 Å². The lowest BCUT2D eigenvalue weighted by atomic mass is 10.1. The number of carbonyl (C=O) groups excluding carboxylic acids is 2. The number of oxazole rings is 1. The number of Topliss-reactive ketones (excluding diaryl/α,β-unsaturated/α-hetero) is 1. The zero-order valence-electron chi connectivity index (χ0n) is 12.4. The number of fused-ring (bicyclic) bond motifs is 1. The molecule has 0 bridgehead atoms. The molecule has 0 spiro atoms. The summed E-state index contributed by atoms with van der Waals surface area (Å²) in [4.78, 5) is 36.9. The van der Waals surface area contributed by atoms with Crippen LogP contribution in [0.4, 0.5) is 5.69 Å². The van der Waals surface area contributed by atoms with E-state index in [-0.39, 0.29) is 18.1 Å². The molecule has 116 valence electrons. The Balaban J connectivity index is 1.70. The molecule has 0 aliphatic carbocycles. The van der Waals surface area contributed by atoms with Crippen LogP contribution in [0.3, 0.4) is 0 Å². The van der Waals surface area contributed by atoms with Gasteiger partial charge in [-0.2, -0.15) is 0 Å². The molecule has 6 heteroatoms. The second-order valence-corrected chi connectivity index (χ2v) is 5.20. The van der Waals surface area contributed by atoms with E-state index in [2.05, 4.69) is 10.3 Å². The number of rotatable bonds is 4. The van der Waals surface area contributed by atoms with Crippen molar-refractivity contribution in [3.05, 3.63) is 64.1 Å². The SMILES string of the molecule is CC(=O)c1ccc(NC(=O)Cc2ccc3oc(=O)[nH]c3c2)cc1. The zero-order valence-corrected chi connectivity index (χ0v) is 12.4. The molecule has 6 nitrogen and oxygen atoms in total. The second-order valence-electron chi connectivity index (χ2n) is 5.20. The number of amides is 1. The molecular formula is C17H14N2O4. The molecule has 2 N–H and O–H groups in total. The lowest BCUT2D eigenvalue weighted by Gasteiger charge is -2.06.